The smallest absolute Gasteiger partial charge is 0.140 e. The Balaban J connectivity index is 1.93. The van der Waals surface area contributed by atoms with Crippen molar-refractivity contribution in [3.63, 3.8) is 0 Å². The van der Waals surface area contributed by atoms with Gasteiger partial charge in [0.2, 0.25) is 0 Å². The molecule has 0 atom stereocenters. The molecule has 0 aliphatic rings. The van der Waals surface area contributed by atoms with Crippen LogP contribution in [0.3, 0.4) is 0 Å². The second kappa shape index (κ2) is 7.01. The minimum Gasteiger partial charge on any atom is -0.308 e. The van der Waals surface area contributed by atoms with E-state index >= 15 is 0 Å². The van der Waals surface area contributed by atoms with E-state index in [1.807, 2.05) is 24.3 Å². The van der Waals surface area contributed by atoms with Crippen LogP contribution in [0.4, 0.5) is 5.82 Å². The molecule has 6 heteroatoms. The van der Waals surface area contributed by atoms with Gasteiger partial charge in [0.15, 0.2) is 0 Å². The number of benzene rings is 1. The minimum absolute atomic E-state index is 0.617. The normalized spacial score (nSPS) is 10.5. The monoisotopic (exact) mass is 313 g/mol. The summed E-state index contributed by atoms with van der Waals surface area (Å²) in [6.45, 7) is 0. The summed E-state index contributed by atoms with van der Waals surface area (Å²) in [6.07, 6.45) is 0. The lowest BCUT2D eigenvalue weighted by molar-refractivity contribution is 1.14. The number of nitrogen functional groups attached to an aromatic ring is 1. The van der Waals surface area contributed by atoms with Crippen molar-refractivity contribution in [1.82, 2.24) is 4.98 Å². The highest BCUT2D eigenvalue weighted by Crippen LogP contribution is 2.23. The molecule has 1 aromatic carbocycles. The van der Waals surface area contributed by atoms with E-state index in [4.69, 9.17) is 29.0 Å². The molecule has 0 amide bonds. The van der Waals surface area contributed by atoms with Crippen LogP contribution in [0.15, 0.2) is 36.4 Å². The van der Waals surface area contributed by atoms with Gasteiger partial charge >= 0.3 is 0 Å². The van der Waals surface area contributed by atoms with Gasteiger partial charge in [-0.2, -0.15) is 11.8 Å². The molecule has 0 bridgehead atoms. The lowest BCUT2D eigenvalue weighted by Crippen LogP contribution is -2.09. The number of hydrogen-bond donors (Lipinski definition) is 2. The summed E-state index contributed by atoms with van der Waals surface area (Å²) in [6, 6.07) is 11.4. The summed E-state index contributed by atoms with van der Waals surface area (Å²) < 4.78 is 0. The summed E-state index contributed by atoms with van der Waals surface area (Å²) >= 11 is 13.7. The van der Waals surface area contributed by atoms with Crippen LogP contribution < -0.4 is 11.3 Å². The quantitative estimate of drug-likeness (QED) is 0.644. The second-order valence-corrected chi connectivity index (χ2v) is 5.72. The average Bonchev–Trinajstić information content (AvgIpc) is 2.43. The van der Waals surface area contributed by atoms with Crippen molar-refractivity contribution < 1.29 is 0 Å². The molecule has 3 nitrogen and oxygen atoms in total. The fraction of sp³-hybridized carbons (Fsp3) is 0.154. The van der Waals surface area contributed by atoms with Gasteiger partial charge in [-0.1, -0.05) is 35.3 Å². The zero-order valence-electron chi connectivity index (χ0n) is 10.1. The Bertz CT molecular complexity index is 546. The maximum Gasteiger partial charge on any atom is 0.140 e. The highest BCUT2D eigenvalue weighted by Gasteiger charge is 2.04. The Morgan fingerprint density at radius 1 is 1.05 bits per heavy atom. The summed E-state index contributed by atoms with van der Waals surface area (Å²) in [5, 5.41) is 1.41. The molecule has 0 aliphatic carbocycles. The van der Waals surface area contributed by atoms with Gasteiger partial charge in [-0.15, -0.1) is 0 Å². The molecule has 0 radical (unpaired) electrons. The number of halogens is 2. The Kier molecular flexibility index (Phi) is 5.34. The van der Waals surface area contributed by atoms with Gasteiger partial charge < -0.3 is 5.43 Å². The zero-order chi connectivity index (χ0) is 13.7. The number of thioether (sulfide) groups is 1. The van der Waals surface area contributed by atoms with Crippen molar-refractivity contribution in [2.24, 2.45) is 5.84 Å². The predicted octanol–water partition coefficient (Wildman–Crippen LogP) is 4.11. The van der Waals surface area contributed by atoms with E-state index in [0.717, 1.165) is 22.2 Å². The maximum absolute atomic E-state index is 6.09. The van der Waals surface area contributed by atoms with Gasteiger partial charge in [-0.25, -0.2) is 10.8 Å². The number of rotatable bonds is 5. The van der Waals surface area contributed by atoms with E-state index in [1.54, 1.807) is 23.9 Å². The van der Waals surface area contributed by atoms with Crippen LogP contribution in [0.1, 0.15) is 11.3 Å². The Morgan fingerprint density at radius 3 is 2.47 bits per heavy atom. The van der Waals surface area contributed by atoms with Crippen molar-refractivity contribution in [3.05, 3.63) is 57.7 Å². The molecule has 0 fully saturated rings. The van der Waals surface area contributed by atoms with Crippen LogP contribution in [-0.4, -0.2) is 4.98 Å². The first-order valence-electron chi connectivity index (χ1n) is 5.63. The number of anilines is 1. The topological polar surface area (TPSA) is 50.9 Å². The molecular formula is C13H13Cl2N3S. The standard InChI is InChI=1S/C13H13Cl2N3S/c14-10-3-1-9(2-4-10)7-19-8-12-11(15)5-6-13(17-12)18-16/h1-6H,7-8,16H2,(H,17,18). The summed E-state index contributed by atoms with van der Waals surface area (Å²) in [4.78, 5) is 4.33. The van der Waals surface area contributed by atoms with Gasteiger partial charge in [-0.05, 0) is 29.8 Å². The largest absolute Gasteiger partial charge is 0.308 e. The van der Waals surface area contributed by atoms with Crippen molar-refractivity contribution in [2.45, 2.75) is 11.5 Å². The summed E-state index contributed by atoms with van der Waals surface area (Å²) in [5.41, 5.74) is 4.57. The van der Waals surface area contributed by atoms with Crippen LogP contribution >= 0.6 is 35.0 Å². The molecular weight excluding hydrogens is 301 g/mol. The summed E-state index contributed by atoms with van der Waals surface area (Å²) in [7, 11) is 0. The molecule has 0 aliphatic heterocycles. The van der Waals surface area contributed by atoms with Gasteiger partial charge in [0, 0.05) is 16.5 Å². The number of hydrazine groups is 1. The third kappa shape index (κ3) is 4.28. The van der Waals surface area contributed by atoms with Crippen LogP contribution in [-0.2, 0) is 11.5 Å². The third-order valence-electron chi connectivity index (χ3n) is 2.49. The van der Waals surface area contributed by atoms with E-state index < -0.39 is 0 Å². The molecule has 2 rings (SSSR count). The van der Waals surface area contributed by atoms with Gasteiger partial charge in [0.05, 0.1) is 10.7 Å². The first-order chi connectivity index (χ1) is 9.19. The Hall–Kier alpha value is -0.940. The molecule has 0 saturated carbocycles. The van der Waals surface area contributed by atoms with Crippen molar-refractivity contribution in [2.75, 3.05) is 5.43 Å². The summed E-state index contributed by atoms with van der Waals surface area (Å²) in [5.74, 6) is 7.56. The Morgan fingerprint density at radius 2 is 1.79 bits per heavy atom. The first-order valence-corrected chi connectivity index (χ1v) is 7.54. The predicted molar refractivity (Wildman–Crippen MR) is 83.5 cm³/mol. The first kappa shape index (κ1) is 14.5. The molecule has 2 aromatic rings. The van der Waals surface area contributed by atoms with Crippen LogP contribution in [0.2, 0.25) is 10.0 Å². The van der Waals surface area contributed by atoms with Gasteiger partial charge in [0.25, 0.3) is 0 Å². The molecule has 0 unspecified atom stereocenters. The van der Waals surface area contributed by atoms with Crippen LogP contribution in [0, 0.1) is 0 Å². The third-order valence-corrected chi connectivity index (χ3v) is 4.10. The number of nitrogens with one attached hydrogen (secondary N) is 1. The molecule has 100 valence electrons. The number of nitrogens with zero attached hydrogens (tertiary/aromatic N) is 1. The average molecular weight is 314 g/mol. The lowest BCUT2D eigenvalue weighted by Gasteiger charge is -2.06. The molecule has 19 heavy (non-hydrogen) atoms. The molecule has 1 aromatic heterocycles. The SMILES string of the molecule is NNc1ccc(Cl)c(CSCc2ccc(Cl)cc2)n1. The van der Waals surface area contributed by atoms with Crippen LogP contribution in [0.25, 0.3) is 0 Å². The Labute approximate surface area is 126 Å². The molecule has 3 N–H and O–H groups in total. The van der Waals surface area contributed by atoms with Crippen LogP contribution in [0.5, 0.6) is 0 Å². The van der Waals surface area contributed by atoms with Crippen molar-refractivity contribution in [3.8, 4) is 0 Å². The van der Waals surface area contributed by atoms with Gasteiger partial charge in [0.1, 0.15) is 5.82 Å². The zero-order valence-corrected chi connectivity index (χ0v) is 12.4. The van der Waals surface area contributed by atoms with Crippen molar-refractivity contribution >= 4 is 40.8 Å². The van der Waals surface area contributed by atoms with Gasteiger partial charge in [-0.3, -0.25) is 0 Å². The van der Waals surface area contributed by atoms with E-state index in [2.05, 4.69) is 10.4 Å². The number of hydrogen-bond acceptors (Lipinski definition) is 4. The molecule has 0 saturated heterocycles. The van der Waals surface area contributed by atoms with E-state index in [0.29, 0.717) is 10.8 Å². The minimum atomic E-state index is 0.617. The molecule has 0 spiro atoms. The van der Waals surface area contributed by atoms with E-state index in [1.165, 1.54) is 5.56 Å². The van der Waals surface area contributed by atoms with E-state index in [-0.39, 0.29) is 0 Å². The van der Waals surface area contributed by atoms with E-state index in [9.17, 15) is 0 Å². The molecule has 1 heterocycles. The second-order valence-electron chi connectivity index (χ2n) is 3.89. The fourth-order valence-electron chi connectivity index (χ4n) is 1.51. The maximum atomic E-state index is 6.09. The number of nitrogens with two attached hydrogens (primary N) is 1. The highest BCUT2D eigenvalue weighted by molar-refractivity contribution is 7.97. The van der Waals surface area contributed by atoms with Crippen molar-refractivity contribution in [1.29, 1.82) is 0 Å². The fourth-order valence-corrected chi connectivity index (χ4v) is 2.83. The lowest BCUT2D eigenvalue weighted by atomic mass is 10.2. The highest BCUT2D eigenvalue weighted by atomic mass is 35.5. The number of pyridine rings is 1. The number of aromatic nitrogens is 1.